The zero-order valence-corrected chi connectivity index (χ0v) is 11.4. The van der Waals surface area contributed by atoms with Crippen molar-refractivity contribution in [1.82, 2.24) is 9.97 Å². The van der Waals surface area contributed by atoms with Gasteiger partial charge in [0.2, 0.25) is 11.8 Å². The predicted octanol–water partition coefficient (Wildman–Crippen LogP) is 2.54. The Morgan fingerprint density at radius 3 is 2.94 bits per heavy atom. The van der Waals surface area contributed by atoms with Gasteiger partial charge in [-0.3, -0.25) is 0 Å². The van der Waals surface area contributed by atoms with Crippen LogP contribution in [0.4, 0.5) is 5.95 Å². The summed E-state index contributed by atoms with van der Waals surface area (Å²) in [6, 6.07) is 1.97. The number of nitrogens with zero attached hydrogens (tertiary/aromatic N) is 2. The van der Waals surface area contributed by atoms with Crippen LogP contribution in [0.3, 0.4) is 0 Å². The van der Waals surface area contributed by atoms with E-state index in [-0.39, 0.29) is 0 Å². The highest BCUT2D eigenvalue weighted by atomic mass is 32.1. The summed E-state index contributed by atoms with van der Waals surface area (Å²) in [7, 11) is 1.79. The number of rotatable bonds is 7. The van der Waals surface area contributed by atoms with Crippen LogP contribution < -0.4 is 10.1 Å². The minimum Gasteiger partial charge on any atom is -0.475 e. The number of aromatic nitrogens is 2. The maximum atomic E-state index is 5.66. The van der Waals surface area contributed by atoms with Gasteiger partial charge in [-0.25, -0.2) is 4.98 Å². The topological polar surface area (TPSA) is 56.3 Å². The van der Waals surface area contributed by atoms with E-state index in [2.05, 4.69) is 22.2 Å². The largest absolute Gasteiger partial charge is 0.475 e. The van der Waals surface area contributed by atoms with Crippen molar-refractivity contribution in [3.8, 4) is 5.88 Å². The number of hydrogen-bond donors (Lipinski definition) is 1. The van der Waals surface area contributed by atoms with Gasteiger partial charge in [-0.15, -0.1) is 11.3 Å². The number of nitrogens with one attached hydrogen (secondary N) is 1. The predicted molar refractivity (Wildman–Crippen MR) is 73.6 cm³/mol. The van der Waals surface area contributed by atoms with Gasteiger partial charge in [0, 0.05) is 13.7 Å². The summed E-state index contributed by atoms with van der Waals surface area (Å²) in [6.07, 6.45) is 1.02. The molecule has 2 heterocycles. The Labute approximate surface area is 110 Å². The average molecular weight is 267 g/mol. The summed E-state index contributed by atoms with van der Waals surface area (Å²) in [5.74, 6) is 1.19. The Hall–Kier alpha value is -1.40. The third kappa shape index (κ3) is 3.08. The number of anilines is 1. The minimum atomic E-state index is 0.505. The summed E-state index contributed by atoms with van der Waals surface area (Å²) >= 11 is 1.58. The molecule has 0 unspecified atom stereocenters. The van der Waals surface area contributed by atoms with E-state index in [1.165, 1.54) is 0 Å². The van der Waals surface area contributed by atoms with Crippen molar-refractivity contribution < 1.29 is 9.47 Å². The molecule has 0 atom stereocenters. The molecule has 1 N–H and O–H groups in total. The highest BCUT2D eigenvalue weighted by Gasteiger charge is 2.09. The van der Waals surface area contributed by atoms with E-state index >= 15 is 0 Å². The lowest BCUT2D eigenvalue weighted by atomic mass is 10.4. The van der Waals surface area contributed by atoms with Crippen LogP contribution in [0.2, 0.25) is 0 Å². The van der Waals surface area contributed by atoms with E-state index in [9.17, 15) is 0 Å². The van der Waals surface area contributed by atoms with Gasteiger partial charge in [0.1, 0.15) is 11.4 Å². The Balaban J connectivity index is 2.04. The molecule has 0 fully saturated rings. The maximum Gasteiger partial charge on any atom is 0.227 e. The monoisotopic (exact) mass is 267 g/mol. The van der Waals surface area contributed by atoms with Gasteiger partial charge in [0.25, 0.3) is 0 Å². The van der Waals surface area contributed by atoms with E-state index in [1.807, 2.05) is 11.4 Å². The highest BCUT2D eigenvalue weighted by molar-refractivity contribution is 7.16. The Kier molecular flexibility index (Phi) is 4.72. The van der Waals surface area contributed by atoms with Gasteiger partial charge in [-0.05, 0) is 17.9 Å². The molecular formula is C12H17N3O2S. The lowest BCUT2D eigenvalue weighted by molar-refractivity contribution is 0.0996. The zero-order valence-electron chi connectivity index (χ0n) is 10.6. The fourth-order valence-electron chi connectivity index (χ4n) is 1.49. The molecule has 0 radical (unpaired) electrons. The van der Waals surface area contributed by atoms with Crippen LogP contribution in [-0.2, 0) is 4.74 Å². The van der Waals surface area contributed by atoms with Gasteiger partial charge >= 0.3 is 0 Å². The summed E-state index contributed by atoms with van der Waals surface area (Å²) in [5, 5.41) is 5.87. The second kappa shape index (κ2) is 6.51. The molecule has 0 saturated carbocycles. The smallest absolute Gasteiger partial charge is 0.227 e. The van der Waals surface area contributed by atoms with E-state index < -0.39 is 0 Å². The number of ether oxygens (including phenoxy) is 2. The van der Waals surface area contributed by atoms with E-state index in [4.69, 9.17) is 9.47 Å². The number of hydrogen-bond acceptors (Lipinski definition) is 6. The average Bonchev–Trinajstić information content (AvgIpc) is 2.86. The quantitative estimate of drug-likeness (QED) is 0.781. The third-order valence-electron chi connectivity index (χ3n) is 2.33. The van der Waals surface area contributed by atoms with Crippen LogP contribution in [0.5, 0.6) is 5.88 Å². The van der Waals surface area contributed by atoms with Gasteiger partial charge in [0.15, 0.2) is 0 Å². The molecule has 0 aliphatic rings. The van der Waals surface area contributed by atoms with Crippen molar-refractivity contribution in [2.45, 2.75) is 13.3 Å². The van der Waals surface area contributed by atoms with Crippen molar-refractivity contribution >= 4 is 27.5 Å². The minimum absolute atomic E-state index is 0.505. The first-order chi connectivity index (χ1) is 8.85. The molecule has 2 rings (SSSR count). The van der Waals surface area contributed by atoms with Crippen molar-refractivity contribution in [3.05, 3.63) is 11.4 Å². The molecule has 18 heavy (non-hydrogen) atoms. The fraction of sp³-hybridized carbons (Fsp3) is 0.500. The summed E-state index contributed by atoms with van der Waals surface area (Å²) in [5.41, 5.74) is 0. The molecule has 0 aliphatic carbocycles. The molecule has 2 aromatic heterocycles. The first-order valence-corrected chi connectivity index (χ1v) is 6.86. The van der Waals surface area contributed by atoms with Gasteiger partial charge in [0.05, 0.1) is 12.0 Å². The third-order valence-corrected chi connectivity index (χ3v) is 3.14. The Morgan fingerprint density at radius 1 is 1.28 bits per heavy atom. The lowest BCUT2D eigenvalue weighted by Crippen LogP contribution is -2.09. The van der Waals surface area contributed by atoms with Crippen molar-refractivity contribution in [1.29, 1.82) is 0 Å². The van der Waals surface area contributed by atoms with Crippen LogP contribution in [0.25, 0.3) is 10.2 Å². The summed E-state index contributed by atoms with van der Waals surface area (Å²) in [6.45, 7) is 3.94. The first-order valence-electron chi connectivity index (χ1n) is 5.98. The molecule has 0 aromatic carbocycles. The molecule has 0 amide bonds. The molecule has 0 spiro atoms. The molecule has 5 nitrogen and oxygen atoms in total. The summed E-state index contributed by atoms with van der Waals surface area (Å²) < 4.78 is 11.0. The van der Waals surface area contributed by atoms with Gasteiger partial charge in [-0.2, -0.15) is 4.98 Å². The standard InChI is InChI=1S/C12H17N3O2S/c1-3-5-16-6-7-17-10-9-4-8-18-11(9)15-12(13-2)14-10/h4,8H,3,5-7H2,1-2H3,(H,13,14,15). The van der Waals surface area contributed by atoms with E-state index in [0.717, 1.165) is 23.2 Å². The molecule has 0 aliphatic heterocycles. The first kappa shape index (κ1) is 13.0. The van der Waals surface area contributed by atoms with Crippen LogP contribution in [0.15, 0.2) is 11.4 Å². The van der Waals surface area contributed by atoms with Gasteiger partial charge < -0.3 is 14.8 Å². The molecule has 6 heteroatoms. The summed E-state index contributed by atoms with van der Waals surface area (Å²) in [4.78, 5) is 9.60. The number of thiophene rings is 1. The van der Waals surface area contributed by atoms with Crippen LogP contribution in [0.1, 0.15) is 13.3 Å². The molecular weight excluding hydrogens is 250 g/mol. The Morgan fingerprint density at radius 2 is 2.17 bits per heavy atom. The van der Waals surface area contributed by atoms with Crippen LogP contribution in [-0.4, -0.2) is 36.8 Å². The second-order valence-electron chi connectivity index (χ2n) is 3.70. The fourth-order valence-corrected chi connectivity index (χ4v) is 2.25. The highest BCUT2D eigenvalue weighted by Crippen LogP contribution is 2.27. The SMILES string of the molecule is CCCOCCOc1nc(NC)nc2sccc12. The lowest BCUT2D eigenvalue weighted by Gasteiger charge is -2.08. The molecule has 0 bridgehead atoms. The van der Waals surface area contributed by atoms with Crippen molar-refractivity contribution in [2.75, 3.05) is 32.2 Å². The second-order valence-corrected chi connectivity index (χ2v) is 4.60. The molecule has 98 valence electrons. The van der Waals surface area contributed by atoms with Gasteiger partial charge in [-0.1, -0.05) is 6.92 Å². The maximum absolute atomic E-state index is 5.66. The van der Waals surface area contributed by atoms with Crippen LogP contribution >= 0.6 is 11.3 Å². The number of fused-ring (bicyclic) bond motifs is 1. The van der Waals surface area contributed by atoms with Crippen molar-refractivity contribution in [2.24, 2.45) is 0 Å². The van der Waals surface area contributed by atoms with E-state index in [1.54, 1.807) is 18.4 Å². The van der Waals surface area contributed by atoms with Crippen LogP contribution in [0, 0.1) is 0 Å². The molecule has 2 aromatic rings. The normalized spacial score (nSPS) is 10.8. The zero-order chi connectivity index (χ0) is 12.8. The van der Waals surface area contributed by atoms with E-state index in [0.29, 0.717) is 25.0 Å². The Bertz CT molecular complexity index is 501. The molecule has 0 saturated heterocycles. The van der Waals surface area contributed by atoms with Crippen molar-refractivity contribution in [3.63, 3.8) is 0 Å².